The summed E-state index contributed by atoms with van der Waals surface area (Å²) in [4.78, 5) is 0. The van der Waals surface area contributed by atoms with E-state index in [4.69, 9.17) is 15.2 Å². The van der Waals surface area contributed by atoms with Crippen molar-refractivity contribution in [3.8, 4) is 11.5 Å². The Morgan fingerprint density at radius 3 is 2.24 bits per heavy atom. The van der Waals surface area contributed by atoms with Gasteiger partial charge in [0.1, 0.15) is 11.5 Å². The smallest absolute Gasteiger partial charge is 0.122 e. The lowest BCUT2D eigenvalue weighted by molar-refractivity contribution is 0.390. The largest absolute Gasteiger partial charge is 0.497 e. The summed E-state index contributed by atoms with van der Waals surface area (Å²) < 4.78 is 10.6. The Morgan fingerprint density at radius 1 is 1.24 bits per heavy atom. The number of methoxy groups -OCH3 is 2. The normalized spacial score (nSPS) is 28.1. The highest BCUT2D eigenvalue weighted by molar-refractivity contribution is 5.41. The Morgan fingerprint density at radius 2 is 1.82 bits per heavy atom. The van der Waals surface area contributed by atoms with Gasteiger partial charge in [-0.3, -0.25) is 0 Å². The van der Waals surface area contributed by atoms with Crippen molar-refractivity contribution < 1.29 is 9.47 Å². The first-order valence-corrected chi connectivity index (χ1v) is 5.79. The van der Waals surface area contributed by atoms with Crippen molar-refractivity contribution >= 4 is 0 Å². The maximum atomic E-state index is 6.29. The fourth-order valence-corrected chi connectivity index (χ4v) is 2.37. The van der Waals surface area contributed by atoms with Gasteiger partial charge in [0.2, 0.25) is 0 Å². The van der Waals surface area contributed by atoms with E-state index in [1.54, 1.807) is 14.2 Å². The molecule has 0 bridgehead atoms. The molecule has 2 unspecified atom stereocenters. The predicted octanol–water partition coefficient (Wildman–Crippen LogP) is 1.11. The number of rotatable bonds is 3. The molecule has 4 heteroatoms. The number of nitrogens with two attached hydrogens (primary N) is 1. The zero-order valence-electron chi connectivity index (χ0n) is 10.6. The van der Waals surface area contributed by atoms with Gasteiger partial charge in [-0.05, 0) is 24.6 Å². The Kier molecular flexibility index (Phi) is 3.26. The molecule has 1 aromatic carbocycles. The summed E-state index contributed by atoms with van der Waals surface area (Å²) in [6.07, 6.45) is 0. The lowest BCUT2D eigenvalue weighted by Crippen LogP contribution is -2.42. The van der Waals surface area contributed by atoms with Gasteiger partial charge < -0.3 is 20.5 Å². The summed E-state index contributed by atoms with van der Waals surface area (Å²) in [6, 6.07) is 5.94. The Labute approximate surface area is 102 Å². The van der Waals surface area contributed by atoms with E-state index in [1.165, 1.54) is 0 Å². The average molecular weight is 236 g/mol. The molecule has 0 aliphatic carbocycles. The standard InChI is InChI=1S/C13H20N2O2/c1-13(14)8-15-7-12(13)9-4-10(16-2)6-11(5-9)17-3/h4-6,12,15H,7-8,14H2,1-3H3. The topological polar surface area (TPSA) is 56.5 Å². The van der Waals surface area contributed by atoms with Gasteiger partial charge in [-0.1, -0.05) is 0 Å². The van der Waals surface area contributed by atoms with Crippen molar-refractivity contribution in [2.75, 3.05) is 27.3 Å². The second kappa shape index (κ2) is 4.55. The number of benzene rings is 1. The SMILES string of the molecule is COc1cc(OC)cc(C2CNCC2(C)N)c1. The van der Waals surface area contributed by atoms with Crippen LogP contribution in [0.4, 0.5) is 0 Å². The molecule has 2 atom stereocenters. The fourth-order valence-electron chi connectivity index (χ4n) is 2.37. The van der Waals surface area contributed by atoms with Gasteiger partial charge in [0, 0.05) is 30.6 Å². The highest BCUT2D eigenvalue weighted by Crippen LogP contribution is 2.34. The second-order valence-corrected chi connectivity index (χ2v) is 4.84. The molecule has 1 aliphatic heterocycles. The molecule has 94 valence electrons. The molecule has 17 heavy (non-hydrogen) atoms. The van der Waals surface area contributed by atoms with Crippen LogP contribution >= 0.6 is 0 Å². The zero-order valence-corrected chi connectivity index (χ0v) is 10.6. The van der Waals surface area contributed by atoms with Gasteiger partial charge in [-0.2, -0.15) is 0 Å². The summed E-state index contributed by atoms with van der Waals surface area (Å²) in [5.74, 6) is 1.90. The molecule has 1 saturated heterocycles. The number of nitrogens with one attached hydrogen (secondary N) is 1. The number of hydrogen-bond donors (Lipinski definition) is 2. The maximum absolute atomic E-state index is 6.29. The third-order valence-electron chi connectivity index (χ3n) is 3.43. The van der Waals surface area contributed by atoms with Gasteiger partial charge in [0.15, 0.2) is 0 Å². The second-order valence-electron chi connectivity index (χ2n) is 4.84. The molecule has 0 radical (unpaired) electrons. The van der Waals surface area contributed by atoms with E-state index in [1.807, 2.05) is 18.2 Å². The third-order valence-corrected chi connectivity index (χ3v) is 3.43. The molecule has 1 heterocycles. The van der Waals surface area contributed by atoms with Crippen LogP contribution in [0.3, 0.4) is 0 Å². The third kappa shape index (κ3) is 2.37. The number of hydrogen-bond acceptors (Lipinski definition) is 4. The van der Waals surface area contributed by atoms with Crippen LogP contribution in [0.15, 0.2) is 18.2 Å². The van der Waals surface area contributed by atoms with Gasteiger partial charge in [-0.15, -0.1) is 0 Å². The summed E-state index contributed by atoms with van der Waals surface area (Å²) in [5, 5.41) is 3.33. The summed E-state index contributed by atoms with van der Waals surface area (Å²) >= 11 is 0. The molecular formula is C13H20N2O2. The first-order chi connectivity index (χ1) is 8.06. The molecule has 4 nitrogen and oxygen atoms in total. The van der Waals surface area contributed by atoms with Gasteiger partial charge in [0.25, 0.3) is 0 Å². The zero-order chi connectivity index (χ0) is 12.5. The first kappa shape index (κ1) is 12.2. The first-order valence-electron chi connectivity index (χ1n) is 5.79. The maximum Gasteiger partial charge on any atom is 0.122 e. The van der Waals surface area contributed by atoms with Crippen LogP contribution < -0.4 is 20.5 Å². The lowest BCUT2D eigenvalue weighted by Gasteiger charge is -2.26. The van der Waals surface area contributed by atoms with E-state index >= 15 is 0 Å². The molecule has 0 amide bonds. The molecule has 1 aromatic rings. The molecule has 0 spiro atoms. The molecular weight excluding hydrogens is 216 g/mol. The minimum Gasteiger partial charge on any atom is -0.497 e. The van der Waals surface area contributed by atoms with Crippen molar-refractivity contribution in [3.05, 3.63) is 23.8 Å². The average Bonchev–Trinajstić information content (AvgIpc) is 2.68. The minimum atomic E-state index is -0.225. The van der Waals surface area contributed by atoms with Crippen molar-refractivity contribution in [2.24, 2.45) is 5.73 Å². The van der Waals surface area contributed by atoms with Crippen molar-refractivity contribution in [1.82, 2.24) is 5.32 Å². The minimum absolute atomic E-state index is 0.225. The van der Waals surface area contributed by atoms with E-state index in [9.17, 15) is 0 Å². The monoisotopic (exact) mass is 236 g/mol. The molecule has 1 fully saturated rings. The Balaban J connectivity index is 2.37. The van der Waals surface area contributed by atoms with Crippen molar-refractivity contribution in [3.63, 3.8) is 0 Å². The van der Waals surface area contributed by atoms with E-state index in [-0.39, 0.29) is 11.5 Å². The Bertz CT molecular complexity index is 382. The molecule has 1 aliphatic rings. The quantitative estimate of drug-likeness (QED) is 0.825. The number of ether oxygens (including phenoxy) is 2. The van der Waals surface area contributed by atoms with Crippen LogP contribution in [0.5, 0.6) is 11.5 Å². The summed E-state index contributed by atoms with van der Waals surface area (Å²) in [7, 11) is 3.32. The highest BCUT2D eigenvalue weighted by atomic mass is 16.5. The summed E-state index contributed by atoms with van der Waals surface area (Å²) in [5.41, 5.74) is 7.23. The lowest BCUT2D eigenvalue weighted by atomic mass is 9.84. The predicted molar refractivity (Wildman–Crippen MR) is 67.7 cm³/mol. The van der Waals surface area contributed by atoms with Gasteiger partial charge >= 0.3 is 0 Å². The van der Waals surface area contributed by atoms with E-state index in [0.717, 1.165) is 30.2 Å². The molecule has 0 saturated carbocycles. The van der Waals surface area contributed by atoms with Crippen LogP contribution in [0, 0.1) is 0 Å². The molecule has 3 N–H and O–H groups in total. The van der Waals surface area contributed by atoms with E-state index < -0.39 is 0 Å². The van der Waals surface area contributed by atoms with Crippen LogP contribution in [-0.2, 0) is 0 Å². The van der Waals surface area contributed by atoms with Gasteiger partial charge in [0.05, 0.1) is 14.2 Å². The van der Waals surface area contributed by atoms with Crippen LogP contribution in [0.2, 0.25) is 0 Å². The molecule has 2 rings (SSSR count). The van der Waals surface area contributed by atoms with Crippen molar-refractivity contribution in [2.45, 2.75) is 18.4 Å². The highest BCUT2D eigenvalue weighted by Gasteiger charge is 2.36. The van der Waals surface area contributed by atoms with Crippen molar-refractivity contribution in [1.29, 1.82) is 0 Å². The Hall–Kier alpha value is -1.26. The van der Waals surface area contributed by atoms with E-state index in [2.05, 4.69) is 12.2 Å². The van der Waals surface area contributed by atoms with Crippen LogP contribution in [-0.4, -0.2) is 32.8 Å². The van der Waals surface area contributed by atoms with Crippen LogP contribution in [0.1, 0.15) is 18.4 Å². The fraction of sp³-hybridized carbons (Fsp3) is 0.538. The van der Waals surface area contributed by atoms with Gasteiger partial charge in [-0.25, -0.2) is 0 Å². The van der Waals surface area contributed by atoms with Crippen LogP contribution in [0.25, 0.3) is 0 Å². The van der Waals surface area contributed by atoms with E-state index in [0.29, 0.717) is 0 Å². The summed E-state index contributed by atoms with van der Waals surface area (Å²) in [6.45, 7) is 3.80. The molecule has 0 aromatic heterocycles.